The van der Waals surface area contributed by atoms with E-state index >= 15 is 0 Å². The first kappa shape index (κ1) is 8.01. The van der Waals surface area contributed by atoms with Crippen LogP contribution in [-0.2, 0) is 7.05 Å². The predicted molar refractivity (Wildman–Crippen MR) is 45.0 cm³/mol. The van der Waals surface area contributed by atoms with Crippen LogP contribution in [0.1, 0.15) is 18.7 Å². The molecule has 0 aromatic carbocycles. The topological polar surface area (TPSA) is 43.8 Å². The summed E-state index contributed by atoms with van der Waals surface area (Å²) < 4.78 is 1.73. The van der Waals surface area contributed by atoms with Crippen LogP contribution in [0, 0.1) is 0 Å². The van der Waals surface area contributed by atoms with Crippen molar-refractivity contribution in [1.82, 2.24) is 9.78 Å². The second kappa shape index (κ2) is 2.88. The number of hydrogen-bond donors (Lipinski definition) is 1. The Morgan fingerprint density at radius 2 is 2.45 bits per heavy atom. The van der Waals surface area contributed by atoms with E-state index in [4.69, 9.17) is 5.73 Å². The lowest BCUT2D eigenvalue weighted by Crippen LogP contribution is -2.11. The van der Waals surface area contributed by atoms with Crippen molar-refractivity contribution in [2.75, 3.05) is 0 Å². The van der Waals surface area contributed by atoms with Gasteiger partial charge in [0.2, 0.25) is 0 Å². The predicted octanol–water partition coefficient (Wildman–Crippen LogP) is 0.996. The quantitative estimate of drug-likeness (QED) is 0.641. The maximum Gasteiger partial charge on any atom is 0.0833 e. The van der Waals surface area contributed by atoms with Crippen LogP contribution in [0.5, 0.6) is 0 Å². The van der Waals surface area contributed by atoms with Gasteiger partial charge in [-0.25, -0.2) is 0 Å². The standard InChI is InChI=1S/C8H13N3/c1-6(2)8(9)7-4-5-11(3)10-7/h4-5,8H,1,9H2,2-3H3. The molecule has 0 radical (unpaired) electrons. The molecule has 2 N–H and O–H groups in total. The van der Waals surface area contributed by atoms with E-state index in [0.717, 1.165) is 11.3 Å². The van der Waals surface area contributed by atoms with Crippen LogP contribution in [0.15, 0.2) is 24.4 Å². The Balaban J connectivity index is 2.84. The third kappa shape index (κ3) is 1.68. The van der Waals surface area contributed by atoms with Crippen molar-refractivity contribution in [3.63, 3.8) is 0 Å². The van der Waals surface area contributed by atoms with E-state index < -0.39 is 0 Å². The summed E-state index contributed by atoms with van der Waals surface area (Å²) in [5.41, 5.74) is 7.58. The second-order valence-corrected chi connectivity index (χ2v) is 2.74. The number of nitrogens with zero attached hydrogens (tertiary/aromatic N) is 2. The second-order valence-electron chi connectivity index (χ2n) is 2.74. The summed E-state index contributed by atoms with van der Waals surface area (Å²) in [5, 5.41) is 4.16. The largest absolute Gasteiger partial charge is 0.319 e. The van der Waals surface area contributed by atoms with E-state index in [1.165, 1.54) is 0 Å². The highest BCUT2D eigenvalue weighted by atomic mass is 15.3. The van der Waals surface area contributed by atoms with Gasteiger partial charge in [0.05, 0.1) is 11.7 Å². The van der Waals surface area contributed by atoms with E-state index in [2.05, 4.69) is 11.7 Å². The third-order valence-corrected chi connectivity index (χ3v) is 1.58. The summed E-state index contributed by atoms with van der Waals surface area (Å²) in [4.78, 5) is 0. The molecule has 0 amide bonds. The van der Waals surface area contributed by atoms with Crippen LogP contribution in [-0.4, -0.2) is 9.78 Å². The number of aromatic nitrogens is 2. The summed E-state index contributed by atoms with van der Waals surface area (Å²) in [7, 11) is 1.87. The molecule has 0 aliphatic rings. The summed E-state index contributed by atoms with van der Waals surface area (Å²) in [5.74, 6) is 0. The molecule has 0 spiro atoms. The molecule has 1 rings (SSSR count). The molecule has 11 heavy (non-hydrogen) atoms. The lowest BCUT2D eigenvalue weighted by Gasteiger charge is -2.06. The SMILES string of the molecule is C=C(C)C(N)c1ccn(C)n1. The van der Waals surface area contributed by atoms with Crippen LogP contribution in [0.2, 0.25) is 0 Å². The monoisotopic (exact) mass is 151 g/mol. The van der Waals surface area contributed by atoms with E-state index in [1.54, 1.807) is 4.68 Å². The molecule has 0 aliphatic heterocycles. The number of nitrogens with two attached hydrogens (primary N) is 1. The van der Waals surface area contributed by atoms with Crippen molar-refractivity contribution in [2.24, 2.45) is 12.8 Å². The van der Waals surface area contributed by atoms with E-state index in [1.807, 2.05) is 26.2 Å². The summed E-state index contributed by atoms with van der Waals surface area (Å²) in [6, 6.07) is 1.77. The van der Waals surface area contributed by atoms with Gasteiger partial charge >= 0.3 is 0 Å². The first-order chi connectivity index (χ1) is 5.11. The van der Waals surface area contributed by atoms with Gasteiger partial charge in [-0.05, 0) is 13.0 Å². The molecule has 1 atom stereocenters. The minimum absolute atomic E-state index is 0.129. The first-order valence-electron chi connectivity index (χ1n) is 3.52. The maximum absolute atomic E-state index is 5.78. The zero-order valence-corrected chi connectivity index (χ0v) is 6.91. The van der Waals surface area contributed by atoms with Crippen LogP contribution in [0.3, 0.4) is 0 Å². The van der Waals surface area contributed by atoms with Gasteiger partial charge in [-0.1, -0.05) is 12.2 Å². The van der Waals surface area contributed by atoms with Gasteiger partial charge in [0.15, 0.2) is 0 Å². The highest BCUT2D eigenvalue weighted by molar-refractivity contribution is 5.16. The van der Waals surface area contributed by atoms with Crippen LogP contribution < -0.4 is 5.73 Å². The van der Waals surface area contributed by atoms with Gasteiger partial charge in [-0.15, -0.1) is 0 Å². The minimum Gasteiger partial charge on any atom is -0.319 e. The smallest absolute Gasteiger partial charge is 0.0833 e. The number of aryl methyl sites for hydroxylation is 1. The molecule has 0 fully saturated rings. The lowest BCUT2D eigenvalue weighted by molar-refractivity contribution is 0.711. The molecule has 1 heterocycles. The Labute approximate surface area is 66.5 Å². The van der Waals surface area contributed by atoms with Crippen molar-refractivity contribution in [3.05, 3.63) is 30.1 Å². The molecule has 1 unspecified atom stereocenters. The van der Waals surface area contributed by atoms with Crippen molar-refractivity contribution >= 4 is 0 Å². The average Bonchev–Trinajstić information content (AvgIpc) is 2.34. The molecule has 0 saturated heterocycles. The molecule has 1 aromatic rings. The Kier molecular flexibility index (Phi) is 2.10. The van der Waals surface area contributed by atoms with Crippen LogP contribution >= 0.6 is 0 Å². The van der Waals surface area contributed by atoms with E-state index in [9.17, 15) is 0 Å². The molecular formula is C8H13N3. The van der Waals surface area contributed by atoms with Crippen molar-refractivity contribution < 1.29 is 0 Å². The fourth-order valence-electron chi connectivity index (χ4n) is 0.851. The molecular weight excluding hydrogens is 138 g/mol. The van der Waals surface area contributed by atoms with Crippen molar-refractivity contribution in [3.8, 4) is 0 Å². The van der Waals surface area contributed by atoms with Gasteiger partial charge in [0.25, 0.3) is 0 Å². The fourth-order valence-corrected chi connectivity index (χ4v) is 0.851. The molecule has 60 valence electrons. The highest BCUT2D eigenvalue weighted by Gasteiger charge is 2.07. The Morgan fingerprint density at radius 3 is 2.82 bits per heavy atom. The fraction of sp³-hybridized carbons (Fsp3) is 0.375. The molecule has 1 aromatic heterocycles. The molecule has 3 heteroatoms. The number of hydrogen-bond acceptors (Lipinski definition) is 2. The zero-order chi connectivity index (χ0) is 8.43. The summed E-state index contributed by atoms with van der Waals surface area (Å²) in [6.07, 6.45) is 1.87. The van der Waals surface area contributed by atoms with Crippen LogP contribution in [0.4, 0.5) is 0 Å². The lowest BCUT2D eigenvalue weighted by atomic mass is 10.1. The molecule has 0 bridgehead atoms. The minimum atomic E-state index is -0.129. The van der Waals surface area contributed by atoms with Crippen molar-refractivity contribution in [1.29, 1.82) is 0 Å². The molecule has 3 nitrogen and oxygen atoms in total. The summed E-state index contributed by atoms with van der Waals surface area (Å²) >= 11 is 0. The van der Waals surface area contributed by atoms with Gasteiger partial charge in [0.1, 0.15) is 0 Å². The zero-order valence-electron chi connectivity index (χ0n) is 6.91. The van der Waals surface area contributed by atoms with E-state index in [-0.39, 0.29) is 6.04 Å². The van der Waals surface area contributed by atoms with Crippen LogP contribution in [0.25, 0.3) is 0 Å². The van der Waals surface area contributed by atoms with Gasteiger partial charge in [-0.3, -0.25) is 4.68 Å². The first-order valence-corrected chi connectivity index (χ1v) is 3.52. The maximum atomic E-state index is 5.78. The van der Waals surface area contributed by atoms with E-state index in [0.29, 0.717) is 0 Å². The van der Waals surface area contributed by atoms with Gasteiger partial charge in [-0.2, -0.15) is 5.10 Å². The summed E-state index contributed by atoms with van der Waals surface area (Å²) in [6.45, 7) is 5.67. The van der Waals surface area contributed by atoms with Gasteiger partial charge in [0, 0.05) is 13.2 Å². The third-order valence-electron chi connectivity index (χ3n) is 1.58. The average molecular weight is 151 g/mol. The Morgan fingerprint density at radius 1 is 1.82 bits per heavy atom. The number of rotatable bonds is 2. The van der Waals surface area contributed by atoms with Gasteiger partial charge < -0.3 is 5.73 Å². The normalized spacial score (nSPS) is 13.0. The molecule has 0 aliphatic carbocycles. The van der Waals surface area contributed by atoms with Crippen molar-refractivity contribution in [2.45, 2.75) is 13.0 Å². The molecule has 0 saturated carbocycles. The highest BCUT2D eigenvalue weighted by Crippen LogP contribution is 2.13. The Hall–Kier alpha value is -1.09. The Bertz CT molecular complexity index is 262.